The van der Waals surface area contributed by atoms with Gasteiger partial charge in [-0.1, -0.05) is 0 Å². The van der Waals surface area contributed by atoms with Crippen LogP contribution in [0.25, 0.3) is 0 Å². The van der Waals surface area contributed by atoms with Crippen molar-refractivity contribution < 1.29 is 4.74 Å². The lowest BCUT2D eigenvalue weighted by Gasteiger charge is -2.06. The first-order chi connectivity index (χ1) is 5.66. The predicted molar refractivity (Wildman–Crippen MR) is 54.8 cm³/mol. The van der Waals surface area contributed by atoms with Gasteiger partial charge < -0.3 is 10.5 Å². The van der Waals surface area contributed by atoms with E-state index in [0.29, 0.717) is 12.4 Å². The number of pyridine rings is 1. The molecule has 0 aromatic carbocycles. The first-order valence-corrected chi connectivity index (χ1v) is 4.82. The zero-order chi connectivity index (χ0) is 9.14. The Labute approximate surface area is 87.6 Å². The maximum absolute atomic E-state index is 5.59. The second kappa shape index (κ2) is 4.20. The van der Waals surface area contributed by atoms with Crippen molar-refractivity contribution in [3.8, 4) is 0 Å². The summed E-state index contributed by atoms with van der Waals surface area (Å²) in [6, 6.07) is 0. The van der Waals surface area contributed by atoms with Gasteiger partial charge in [0.25, 0.3) is 0 Å². The summed E-state index contributed by atoms with van der Waals surface area (Å²) in [5.74, 6) is 0.477. The summed E-state index contributed by atoms with van der Waals surface area (Å²) in [7, 11) is 1.63. The molecule has 2 N–H and O–H groups in total. The molecule has 1 aromatic heterocycles. The Morgan fingerprint density at radius 3 is 2.83 bits per heavy atom. The molecule has 0 saturated carbocycles. The van der Waals surface area contributed by atoms with Crippen LogP contribution in [0.15, 0.2) is 15.1 Å². The van der Waals surface area contributed by atoms with Crippen molar-refractivity contribution in [2.75, 3.05) is 12.8 Å². The SMILES string of the molecule is COCc1c(Br)cnc(N)c1Br. The topological polar surface area (TPSA) is 48.1 Å². The molecule has 0 atom stereocenters. The normalized spacial score (nSPS) is 10.2. The average molecular weight is 296 g/mol. The van der Waals surface area contributed by atoms with Gasteiger partial charge >= 0.3 is 0 Å². The number of halogens is 2. The molecule has 66 valence electrons. The van der Waals surface area contributed by atoms with E-state index in [1.54, 1.807) is 13.3 Å². The quantitative estimate of drug-likeness (QED) is 0.911. The number of methoxy groups -OCH3 is 1. The summed E-state index contributed by atoms with van der Waals surface area (Å²) in [5, 5.41) is 0. The highest BCUT2D eigenvalue weighted by molar-refractivity contribution is 9.11. The number of nitrogen functional groups attached to an aromatic ring is 1. The van der Waals surface area contributed by atoms with Gasteiger partial charge in [-0.15, -0.1) is 0 Å². The molecule has 5 heteroatoms. The third-order valence-corrected chi connectivity index (χ3v) is 2.95. The highest BCUT2D eigenvalue weighted by Crippen LogP contribution is 2.28. The number of ether oxygens (including phenoxy) is 1. The minimum atomic E-state index is 0.477. The Morgan fingerprint density at radius 2 is 2.25 bits per heavy atom. The molecule has 0 amide bonds. The van der Waals surface area contributed by atoms with Gasteiger partial charge in [0, 0.05) is 23.3 Å². The molecule has 0 spiro atoms. The average Bonchev–Trinajstić information content (AvgIpc) is 2.06. The number of hydrogen-bond acceptors (Lipinski definition) is 3. The van der Waals surface area contributed by atoms with Crippen LogP contribution in [-0.4, -0.2) is 12.1 Å². The Kier molecular flexibility index (Phi) is 3.49. The Balaban J connectivity index is 3.14. The number of nitrogens with zero attached hydrogens (tertiary/aromatic N) is 1. The van der Waals surface area contributed by atoms with E-state index in [9.17, 15) is 0 Å². The van der Waals surface area contributed by atoms with Crippen LogP contribution in [0.4, 0.5) is 5.82 Å². The van der Waals surface area contributed by atoms with Crippen LogP contribution in [-0.2, 0) is 11.3 Å². The third kappa shape index (κ3) is 1.97. The summed E-state index contributed by atoms with van der Waals surface area (Å²) in [5.41, 5.74) is 6.56. The second-order valence-electron chi connectivity index (χ2n) is 2.22. The van der Waals surface area contributed by atoms with E-state index in [4.69, 9.17) is 10.5 Å². The zero-order valence-corrected chi connectivity index (χ0v) is 9.65. The van der Waals surface area contributed by atoms with Crippen LogP contribution in [0, 0.1) is 0 Å². The molecule has 0 radical (unpaired) electrons. The first kappa shape index (κ1) is 9.95. The number of nitrogens with two attached hydrogens (primary N) is 1. The van der Waals surface area contributed by atoms with Crippen LogP contribution >= 0.6 is 31.9 Å². The van der Waals surface area contributed by atoms with Crippen LogP contribution in [0.2, 0.25) is 0 Å². The van der Waals surface area contributed by atoms with Crippen LogP contribution in [0.1, 0.15) is 5.56 Å². The maximum atomic E-state index is 5.59. The van der Waals surface area contributed by atoms with Crippen molar-refractivity contribution >= 4 is 37.7 Å². The Hall–Kier alpha value is -0.130. The summed E-state index contributed by atoms with van der Waals surface area (Å²) in [6.07, 6.45) is 1.66. The number of rotatable bonds is 2. The van der Waals surface area contributed by atoms with Crippen LogP contribution in [0.5, 0.6) is 0 Å². The number of hydrogen-bond donors (Lipinski definition) is 1. The van der Waals surface area contributed by atoms with Crippen molar-refractivity contribution in [2.45, 2.75) is 6.61 Å². The molecular formula is C7H8Br2N2O. The van der Waals surface area contributed by atoms with E-state index < -0.39 is 0 Å². The molecule has 0 fully saturated rings. The van der Waals surface area contributed by atoms with Gasteiger partial charge in [0.05, 0.1) is 11.1 Å². The lowest BCUT2D eigenvalue weighted by Crippen LogP contribution is -1.98. The van der Waals surface area contributed by atoms with E-state index in [-0.39, 0.29) is 0 Å². The van der Waals surface area contributed by atoms with Gasteiger partial charge in [0.2, 0.25) is 0 Å². The van der Waals surface area contributed by atoms with E-state index in [1.165, 1.54) is 0 Å². The minimum absolute atomic E-state index is 0.477. The van der Waals surface area contributed by atoms with Crippen molar-refractivity contribution in [3.05, 3.63) is 20.7 Å². The summed E-state index contributed by atoms with van der Waals surface area (Å²) >= 11 is 6.69. The van der Waals surface area contributed by atoms with E-state index in [2.05, 4.69) is 36.8 Å². The molecule has 1 aromatic rings. The summed E-state index contributed by atoms with van der Waals surface area (Å²) in [6.45, 7) is 0.508. The fraction of sp³-hybridized carbons (Fsp3) is 0.286. The molecule has 0 saturated heterocycles. The fourth-order valence-corrected chi connectivity index (χ4v) is 1.91. The number of aromatic nitrogens is 1. The summed E-state index contributed by atoms with van der Waals surface area (Å²) in [4.78, 5) is 3.95. The van der Waals surface area contributed by atoms with Gasteiger partial charge in [-0.2, -0.15) is 0 Å². The predicted octanol–water partition coefficient (Wildman–Crippen LogP) is 2.34. The van der Waals surface area contributed by atoms with Crippen molar-refractivity contribution in [2.24, 2.45) is 0 Å². The monoisotopic (exact) mass is 294 g/mol. The first-order valence-electron chi connectivity index (χ1n) is 3.24. The van der Waals surface area contributed by atoms with Crippen LogP contribution in [0.3, 0.4) is 0 Å². The van der Waals surface area contributed by atoms with Crippen molar-refractivity contribution in [3.63, 3.8) is 0 Å². The van der Waals surface area contributed by atoms with E-state index >= 15 is 0 Å². The molecule has 0 unspecified atom stereocenters. The summed E-state index contributed by atoms with van der Waals surface area (Å²) < 4.78 is 6.69. The Morgan fingerprint density at radius 1 is 1.58 bits per heavy atom. The number of anilines is 1. The maximum Gasteiger partial charge on any atom is 0.138 e. The molecular weight excluding hydrogens is 288 g/mol. The highest BCUT2D eigenvalue weighted by atomic mass is 79.9. The third-order valence-electron chi connectivity index (χ3n) is 1.38. The van der Waals surface area contributed by atoms with Gasteiger partial charge in [0.15, 0.2) is 0 Å². The zero-order valence-electron chi connectivity index (χ0n) is 6.47. The van der Waals surface area contributed by atoms with Crippen molar-refractivity contribution in [1.29, 1.82) is 0 Å². The molecule has 1 rings (SSSR count). The van der Waals surface area contributed by atoms with Crippen molar-refractivity contribution in [1.82, 2.24) is 4.98 Å². The lowest BCUT2D eigenvalue weighted by molar-refractivity contribution is 0.184. The van der Waals surface area contributed by atoms with E-state index in [0.717, 1.165) is 14.5 Å². The van der Waals surface area contributed by atoms with E-state index in [1.807, 2.05) is 0 Å². The van der Waals surface area contributed by atoms with Gasteiger partial charge in [-0.05, 0) is 31.9 Å². The van der Waals surface area contributed by atoms with Gasteiger partial charge in [-0.25, -0.2) is 4.98 Å². The molecule has 12 heavy (non-hydrogen) atoms. The second-order valence-corrected chi connectivity index (χ2v) is 3.86. The molecule has 0 bridgehead atoms. The minimum Gasteiger partial charge on any atom is -0.383 e. The molecule has 3 nitrogen and oxygen atoms in total. The van der Waals surface area contributed by atoms with Gasteiger partial charge in [0.1, 0.15) is 5.82 Å². The smallest absolute Gasteiger partial charge is 0.138 e. The molecule has 0 aliphatic rings. The largest absolute Gasteiger partial charge is 0.383 e. The molecule has 0 aliphatic carbocycles. The molecule has 1 heterocycles. The highest BCUT2D eigenvalue weighted by Gasteiger charge is 2.08. The lowest BCUT2D eigenvalue weighted by atomic mass is 10.3. The Bertz CT molecular complexity index is 291. The van der Waals surface area contributed by atoms with Gasteiger partial charge in [-0.3, -0.25) is 0 Å². The van der Waals surface area contributed by atoms with Crippen LogP contribution < -0.4 is 5.73 Å². The fourth-order valence-electron chi connectivity index (χ4n) is 0.797. The molecule has 0 aliphatic heterocycles. The standard InChI is InChI=1S/C7H8Br2N2O/c1-12-3-4-5(8)2-11-7(10)6(4)9/h2H,3H2,1H3,(H2,10,11).